The summed E-state index contributed by atoms with van der Waals surface area (Å²) in [5, 5.41) is 3.16. The van der Waals surface area contributed by atoms with Crippen LogP contribution in [0, 0.1) is 0 Å². The Hall–Kier alpha value is -1.82. The van der Waals surface area contributed by atoms with Gasteiger partial charge in [-0.3, -0.25) is 4.79 Å². The van der Waals surface area contributed by atoms with Crippen molar-refractivity contribution in [3.05, 3.63) is 38.1 Å². The van der Waals surface area contributed by atoms with Gasteiger partial charge in [0.2, 0.25) is 5.75 Å². The molecule has 0 aliphatic heterocycles. The zero-order chi connectivity index (χ0) is 13.2. The maximum Gasteiger partial charge on any atom is 0.295 e. The monoisotopic (exact) mass is 277 g/mol. The molecule has 1 aliphatic carbocycles. The fraction of sp³-hybridized carbons (Fsp3) is 0.385. The molecule has 0 unspecified atom stereocenters. The van der Waals surface area contributed by atoms with Crippen molar-refractivity contribution in [1.29, 1.82) is 0 Å². The molecule has 0 bridgehead atoms. The Labute approximate surface area is 114 Å². The first-order valence-corrected chi connectivity index (χ1v) is 7.05. The lowest BCUT2D eigenvalue weighted by Crippen LogP contribution is -2.13. The molecular weight excluding hydrogens is 262 g/mol. The quantitative estimate of drug-likeness (QED) is 0.896. The summed E-state index contributed by atoms with van der Waals surface area (Å²) < 4.78 is 5.06. The van der Waals surface area contributed by atoms with Crippen molar-refractivity contribution in [2.24, 2.45) is 0 Å². The predicted molar refractivity (Wildman–Crippen MR) is 75.1 cm³/mol. The predicted octanol–water partition coefficient (Wildman–Crippen LogP) is 1.94. The number of ether oxygens (including phenoxy) is 1. The Balaban J connectivity index is 1.75. The van der Waals surface area contributed by atoms with Gasteiger partial charge in [-0.25, -0.2) is 4.98 Å². The second kappa shape index (κ2) is 5.05. The van der Waals surface area contributed by atoms with E-state index in [0.29, 0.717) is 12.4 Å². The van der Waals surface area contributed by atoms with Crippen molar-refractivity contribution in [3.63, 3.8) is 0 Å². The van der Waals surface area contributed by atoms with Gasteiger partial charge in [-0.2, -0.15) is 0 Å². The van der Waals surface area contributed by atoms with E-state index < -0.39 is 0 Å². The molecule has 6 heteroatoms. The summed E-state index contributed by atoms with van der Waals surface area (Å²) in [6.45, 7) is 0.671. The first kappa shape index (κ1) is 12.2. The molecule has 0 atom stereocenters. The van der Waals surface area contributed by atoms with Crippen molar-refractivity contribution < 1.29 is 4.74 Å². The first-order chi connectivity index (χ1) is 9.28. The van der Waals surface area contributed by atoms with Gasteiger partial charge in [0.25, 0.3) is 5.56 Å². The van der Waals surface area contributed by atoms with E-state index in [2.05, 4.69) is 21.4 Å². The third-order valence-electron chi connectivity index (χ3n) is 3.24. The molecule has 0 fully saturated rings. The number of nitrogens with zero attached hydrogens (tertiary/aromatic N) is 1. The molecule has 0 saturated carbocycles. The van der Waals surface area contributed by atoms with E-state index in [1.807, 2.05) is 11.3 Å². The molecule has 3 rings (SSSR count). The lowest BCUT2D eigenvalue weighted by atomic mass is 10.2. The van der Waals surface area contributed by atoms with E-state index in [0.717, 1.165) is 0 Å². The molecule has 0 spiro atoms. The number of H-pyrrole nitrogens is 1. The Morgan fingerprint density at radius 3 is 3.21 bits per heavy atom. The van der Waals surface area contributed by atoms with Gasteiger partial charge in [0.05, 0.1) is 20.0 Å². The number of aromatic nitrogens is 2. The molecule has 0 amide bonds. The summed E-state index contributed by atoms with van der Waals surface area (Å²) in [4.78, 5) is 20.9. The highest BCUT2D eigenvalue weighted by Crippen LogP contribution is 2.31. The topological polar surface area (TPSA) is 67.0 Å². The number of anilines is 1. The number of aryl methyl sites for hydroxylation is 2. The summed E-state index contributed by atoms with van der Waals surface area (Å²) in [6, 6.07) is 2.25. The molecule has 0 saturated heterocycles. The summed E-state index contributed by atoms with van der Waals surface area (Å²) in [7, 11) is 1.47. The highest BCUT2D eigenvalue weighted by molar-refractivity contribution is 7.12. The van der Waals surface area contributed by atoms with Gasteiger partial charge in [0.1, 0.15) is 0 Å². The lowest BCUT2D eigenvalue weighted by molar-refractivity contribution is 0.408. The van der Waals surface area contributed by atoms with Gasteiger partial charge in [0, 0.05) is 9.75 Å². The normalized spacial score (nSPS) is 13.3. The van der Waals surface area contributed by atoms with Crippen molar-refractivity contribution in [2.75, 3.05) is 12.4 Å². The summed E-state index contributed by atoms with van der Waals surface area (Å²) >= 11 is 1.84. The van der Waals surface area contributed by atoms with Crippen LogP contribution in [0.3, 0.4) is 0 Å². The highest BCUT2D eigenvalue weighted by Gasteiger charge is 2.15. The minimum atomic E-state index is -0.270. The summed E-state index contributed by atoms with van der Waals surface area (Å²) in [5.74, 6) is 0.714. The van der Waals surface area contributed by atoms with Gasteiger partial charge in [-0.15, -0.1) is 11.3 Å². The van der Waals surface area contributed by atoms with E-state index in [9.17, 15) is 4.79 Å². The van der Waals surface area contributed by atoms with E-state index in [1.165, 1.54) is 48.0 Å². The van der Waals surface area contributed by atoms with Crippen LogP contribution in [0.1, 0.15) is 21.7 Å². The number of fused-ring (bicyclic) bond motifs is 1. The van der Waals surface area contributed by atoms with Gasteiger partial charge in [-0.1, -0.05) is 0 Å². The Morgan fingerprint density at radius 1 is 1.53 bits per heavy atom. The van der Waals surface area contributed by atoms with Crippen LogP contribution in [0.5, 0.6) is 5.75 Å². The van der Waals surface area contributed by atoms with E-state index in [4.69, 9.17) is 4.74 Å². The molecular formula is C13H15N3O2S. The minimum Gasteiger partial charge on any atom is -0.489 e. The molecule has 2 aromatic heterocycles. The highest BCUT2D eigenvalue weighted by atomic mass is 32.1. The van der Waals surface area contributed by atoms with Gasteiger partial charge in [0.15, 0.2) is 5.82 Å². The van der Waals surface area contributed by atoms with Crippen LogP contribution in [0.25, 0.3) is 0 Å². The van der Waals surface area contributed by atoms with Crippen molar-refractivity contribution in [1.82, 2.24) is 9.97 Å². The number of hydrogen-bond acceptors (Lipinski definition) is 5. The zero-order valence-corrected chi connectivity index (χ0v) is 11.5. The minimum absolute atomic E-state index is 0.228. The zero-order valence-electron chi connectivity index (χ0n) is 10.7. The van der Waals surface area contributed by atoms with Crippen LogP contribution >= 0.6 is 11.3 Å². The Morgan fingerprint density at radius 2 is 2.42 bits per heavy atom. The second-order valence-electron chi connectivity index (χ2n) is 4.48. The Kier molecular flexibility index (Phi) is 3.25. The third kappa shape index (κ3) is 2.35. The second-order valence-corrected chi connectivity index (χ2v) is 5.70. The summed E-state index contributed by atoms with van der Waals surface area (Å²) in [6.07, 6.45) is 5.05. The first-order valence-electron chi connectivity index (χ1n) is 6.24. The maximum absolute atomic E-state index is 11.5. The van der Waals surface area contributed by atoms with Crippen LogP contribution in [-0.4, -0.2) is 17.1 Å². The van der Waals surface area contributed by atoms with Gasteiger partial charge >= 0.3 is 0 Å². The largest absolute Gasteiger partial charge is 0.489 e. The fourth-order valence-corrected chi connectivity index (χ4v) is 3.55. The van der Waals surface area contributed by atoms with Crippen LogP contribution in [-0.2, 0) is 19.4 Å². The SMILES string of the molecule is COc1c(NCc2cc3c(s2)CCC3)nc[nH]c1=O. The standard InChI is InChI=1S/C13H15N3O2S/c1-18-11-12(15-7-16-13(11)17)14-6-9-5-8-3-2-4-10(8)19-9/h5,7H,2-4,6H2,1H3,(H2,14,15,16,17). The number of thiophene rings is 1. The number of aromatic amines is 1. The molecule has 5 nitrogen and oxygen atoms in total. The fourth-order valence-electron chi connectivity index (χ4n) is 2.35. The molecule has 0 aromatic carbocycles. The molecule has 0 radical (unpaired) electrons. The van der Waals surface area contributed by atoms with Crippen LogP contribution < -0.4 is 15.6 Å². The van der Waals surface area contributed by atoms with Crippen molar-refractivity contribution >= 4 is 17.2 Å². The number of methoxy groups -OCH3 is 1. The molecule has 2 heterocycles. The van der Waals surface area contributed by atoms with Gasteiger partial charge in [-0.05, 0) is 30.9 Å². The maximum atomic E-state index is 11.5. The van der Waals surface area contributed by atoms with Crippen molar-refractivity contribution in [2.45, 2.75) is 25.8 Å². The van der Waals surface area contributed by atoms with Gasteiger partial charge < -0.3 is 15.0 Å². The van der Waals surface area contributed by atoms with E-state index in [-0.39, 0.29) is 11.3 Å². The average molecular weight is 277 g/mol. The molecule has 2 N–H and O–H groups in total. The number of nitrogens with one attached hydrogen (secondary N) is 2. The van der Waals surface area contributed by atoms with E-state index >= 15 is 0 Å². The third-order valence-corrected chi connectivity index (χ3v) is 4.48. The van der Waals surface area contributed by atoms with E-state index in [1.54, 1.807) is 0 Å². The van der Waals surface area contributed by atoms with Crippen LogP contribution in [0.2, 0.25) is 0 Å². The lowest BCUT2D eigenvalue weighted by Gasteiger charge is -2.07. The van der Waals surface area contributed by atoms with Crippen LogP contribution in [0.4, 0.5) is 5.82 Å². The molecule has 19 heavy (non-hydrogen) atoms. The number of hydrogen-bond donors (Lipinski definition) is 2. The van der Waals surface area contributed by atoms with Crippen LogP contribution in [0.15, 0.2) is 17.2 Å². The molecule has 1 aliphatic rings. The average Bonchev–Trinajstić information content (AvgIpc) is 2.97. The number of rotatable bonds is 4. The molecule has 2 aromatic rings. The summed E-state index contributed by atoms with van der Waals surface area (Å²) in [5.41, 5.74) is 1.21. The molecule has 100 valence electrons. The smallest absolute Gasteiger partial charge is 0.295 e. The van der Waals surface area contributed by atoms with Crippen molar-refractivity contribution in [3.8, 4) is 5.75 Å². The Bertz CT molecular complexity index is 626.